The molecule has 0 saturated carbocycles. The van der Waals surface area contributed by atoms with Crippen molar-refractivity contribution in [3.05, 3.63) is 53.3 Å². The summed E-state index contributed by atoms with van der Waals surface area (Å²) in [4.78, 5) is 0. The van der Waals surface area contributed by atoms with Gasteiger partial charge in [-0.1, -0.05) is 62.2 Å². The molecule has 0 atom stereocenters. The first-order valence-corrected chi connectivity index (χ1v) is 9.10. The van der Waals surface area contributed by atoms with Gasteiger partial charge in [0.05, 0.1) is 5.69 Å². The predicted molar refractivity (Wildman–Crippen MR) is 92.1 cm³/mol. The van der Waals surface area contributed by atoms with E-state index in [2.05, 4.69) is 91.9 Å². The van der Waals surface area contributed by atoms with E-state index in [1.165, 1.54) is 11.3 Å². The number of rotatable bonds is 6. The van der Waals surface area contributed by atoms with Crippen molar-refractivity contribution in [1.29, 1.82) is 0 Å². The van der Waals surface area contributed by atoms with Crippen LogP contribution in [0.1, 0.15) is 23.9 Å². The van der Waals surface area contributed by atoms with Crippen LogP contribution in [0.25, 0.3) is 0 Å². The molecule has 1 heterocycles. The molecule has 1 aromatic heterocycles. The Hall–Kier alpha value is -0.610. The van der Waals surface area contributed by atoms with Gasteiger partial charge in [0.1, 0.15) is 0 Å². The molecule has 108 valence electrons. The standard InChI is InChI=1S/C16H20Br2N2/c1-3-20-15(9-13(2)19-20)10-16(11-17,12-18)14-7-5-4-6-8-14/h4-9H,3,10-12H2,1-2H3. The molecule has 2 aromatic rings. The van der Waals surface area contributed by atoms with Crippen LogP contribution in [0.4, 0.5) is 0 Å². The van der Waals surface area contributed by atoms with Gasteiger partial charge in [0.2, 0.25) is 0 Å². The molecular weight excluding hydrogens is 380 g/mol. The van der Waals surface area contributed by atoms with Gasteiger partial charge in [0, 0.05) is 34.7 Å². The van der Waals surface area contributed by atoms with Crippen molar-refractivity contribution in [3.63, 3.8) is 0 Å². The Labute approximate surface area is 137 Å². The van der Waals surface area contributed by atoms with Gasteiger partial charge >= 0.3 is 0 Å². The zero-order chi connectivity index (χ0) is 14.6. The van der Waals surface area contributed by atoms with Crippen molar-refractivity contribution in [1.82, 2.24) is 9.78 Å². The van der Waals surface area contributed by atoms with Crippen LogP contribution in [0, 0.1) is 6.92 Å². The molecule has 0 fully saturated rings. The number of halogens is 2. The van der Waals surface area contributed by atoms with Gasteiger partial charge < -0.3 is 0 Å². The van der Waals surface area contributed by atoms with Gasteiger partial charge in [0.25, 0.3) is 0 Å². The number of alkyl halides is 2. The summed E-state index contributed by atoms with van der Waals surface area (Å²) in [6.07, 6.45) is 0.974. The highest BCUT2D eigenvalue weighted by molar-refractivity contribution is 9.09. The van der Waals surface area contributed by atoms with Crippen molar-refractivity contribution in [2.24, 2.45) is 0 Å². The number of nitrogens with zero attached hydrogens (tertiary/aromatic N) is 2. The van der Waals surface area contributed by atoms with Crippen molar-refractivity contribution in [2.45, 2.75) is 32.2 Å². The quantitative estimate of drug-likeness (QED) is 0.654. The van der Waals surface area contributed by atoms with E-state index in [1.807, 2.05) is 0 Å². The van der Waals surface area contributed by atoms with Crippen LogP contribution in [0.3, 0.4) is 0 Å². The summed E-state index contributed by atoms with van der Waals surface area (Å²) in [5, 5.41) is 6.40. The fourth-order valence-electron chi connectivity index (χ4n) is 2.54. The first-order chi connectivity index (χ1) is 9.65. The van der Waals surface area contributed by atoms with E-state index >= 15 is 0 Å². The molecule has 1 aromatic carbocycles. The third-order valence-electron chi connectivity index (χ3n) is 3.70. The monoisotopic (exact) mass is 398 g/mol. The maximum atomic E-state index is 4.56. The normalized spacial score (nSPS) is 11.8. The third kappa shape index (κ3) is 3.17. The van der Waals surface area contributed by atoms with Crippen LogP contribution < -0.4 is 0 Å². The number of aryl methyl sites for hydroxylation is 2. The van der Waals surface area contributed by atoms with Crippen molar-refractivity contribution >= 4 is 31.9 Å². The Morgan fingerprint density at radius 2 is 1.80 bits per heavy atom. The summed E-state index contributed by atoms with van der Waals surface area (Å²) in [7, 11) is 0. The predicted octanol–water partition coefficient (Wildman–Crippen LogP) is 4.48. The van der Waals surface area contributed by atoms with Gasteiger partial charge in [-0.05, 0) is 25.5 Å². The molecule has 0 N–H and O–H groups in total. The zero-order valence-electron chi connectivity index (χ0n) is 11.9. The van der Waals surface area contributed by atoms with Gasteiger partial charge in [-0.3, -0.25) is 4.68 Å². The third-order valence-corrected chi connectivity index (χ3v) is 5.85. The molecule has 0 unspecified atom stereocenters. The highest BCUT2D eigenvalue weighted by atomic mass is 79.9. The topological polar surface area (TPSA) is 17.8 Å². The summed E-state index contributed by atoms with van der Waals surface area (Å²) in [6, 6.07) is 12.9. The lowest BCUT2D eigenvalue weighted by atomic mass is 9.80. The van der Waals surface area contributed by atoms with Crippen LogP contribution in [-0.2, 0) is 18.4 Å². The van der Waals surface area contributed by atoms with Crippen LogP contribution in [0.2, 0.25) is 0 Å². The summed E-state index contributed by atoms with van der Waals surface area (Å²) < 4.78 is 2.11. The van der Waals surface area contributed by atoms with Crippen molar-refractivity contribution in [3.8, 4) is 0 Å². The Morgan fingerprint density at radius 3 is 2.35 bits per heavy atom. The van der Waals surface area contributed by atoms with Gasteiger partial charge in [0.15, 0.2) is 0 Å². The van der Waals surface area contributed by atoms with Crippen LogP contribution in [0.5, 0.6) is 0 Å². The smallest absolute Gasteiger partial charge is 0.0596 e. The number of hydrogen-bond acceptors (Lipinski definition) is 1. The van der Waals surface area contributed by atoms with Crippen molar-refractivity contribution < 1.29 is 0 Å². The molecule has 0 radical (unpaired) electrons. The summed E-state index contributed by atoms with van der Waals surface area (Å²) >= 11 is 7.44. The Bertz CT molecular complexity index is 545. The number of benzene rings is 1. The van der Waals surface area contributed by atoms with E-state index < -0.39 is 0 Å². The second-order valence-electron chi connectivity index (χ2n) is 5.18. The van der Waals surface area contributed by atoms with E-state index in [-0.39, 0.29) is 5.41 Å². The second kappa shape index (κ2) is 6.90. The highest BCUT2D eigenvalue weighted by Crippen LogP contribution is 2.33. The molecule has 4 heteroatoms. The molecule has 0 spiro atoms. The fourth-order valence-corrected chi connectivity index (χ4v) is 4.51. The SMILES string of the molecule is CCn1nc(C)cc1CC(CBr)(CBr)c1ccccc1. The Morgan fingerprint density at radius 1 is 1.15 bits per heavy atom. The molecule has 2 nitrogen and oxygen atoms in total. The molecular formula is C16H20Br2N2. The van der Waals surface area contributed by atoms with E-state index in [1.54, 1.807) is 0 Å². The van der Waals surface area contributed by atoms with Crippen molar-refractivity contribution in [2.75, 3.05) is 10.7 Å². The average molecular weight is 400 g/mol. The van der Waals surface area contributed by atoms with E-state index in [4.69, 9.17) is 0 Å². The molecule has 0 aliphatic rings. The van der Waals surface area contributed by atoms with Gasteiger partial charge in [-0.15, -0.1) is 0 Å². The zero-order valence-corrected chi connectivity index (χ0v) is 15.1. The van der Waals surface area contributed by atoms with E-state index in [0.29, 0.717) is 0 Å². The second-order valence-corrected chi connectivity index (χ2v) is 6.30. The first kappa shape index (κ1) is 15.8. The molecule has 0 aliphatic carbocycles. The summed E-state index contributed by atoms with van der Waals surface area (Å²) in [5.74, 6) is 0. The summed E-state index contributed by atoms with van der Waals surface area (Å²) in [6.45, 7) is 5.11. The highest BCUT2D eigenvalue weighted by Gasteiger charge is 2.31. The summed E-state index contributed by atoms with van der Waals surface area (Å²) in [5.41, 5.74) is 3.80. The minimum absolute atomic E-state index is 0.0562. The van der Waals surface area contributed by atoms with E-state index in [0.717, 1.165) is 29.3 Å². The molecule has 0 amide bonds. The van der Waals surface area contributed by atoms with Crippen LogP contribution in [-0.4, -0.2) is 20.4 Å². The molecule has 0 bridgehead atoms. The lowest BCUT2D eigenvalue weighted by Crippen LogP contribution is -2.33. The Kier molecular flexibility index (Phi) is 5.44. The van der Waals surface area contributed by atoms with Gasteiger partial charge in [-0.25, -0.2) is 0 Å². The van der Waals surface area contributed by atoms with Crippen LogP contribution >= 0.6 is 31.9 Å². The minimum atomic E-state index is 0.0562. The number of hydrogen-bond donors (Lipinski definition) is 0. The molecule has 20 heavy (non-hydrogen) atoms. The number of aromatic nitrogens is 2. The van der Waals surface area contributed by atoms with Gasteiger partial charge in [-0.2, -0.15) is 5.10 Å². The molecule has 0 saturated heterocycles. The lowest BCUT2D eigenvalue weighted by Gasteiger charge is -2.31. The minimum Gasteiger partial charge on any atom is -0.270 e. The maximum absolute atomic E-state index is 4.56. The average Bonchev–Trinajstić information content (AvgIpc) is 2.85. The molecule has 0 aliphatic heterocycles. The fraction of sp³-hybridized carbons (Fsp3) is 0.438. The first-order valence-electron chi connectivity index (χ1n) is 6.86. The lowest BCUT2D eigenvalue weighted by molar-refractivity contribution is 0.508. The molecule has 2 rings (SSSR count). The Balaban J connectivity index is 2.39. The largest absolute Gasteiger partial charge is 0.270 e. The van der Waals surface area contributed by atoms with Crippen LogP contribution in [0.15, 0.2) is 36.4 Å². The maximum Gasteiger partial charge on any atom is 0.0596 e. The van der Waals surface area contributed by atoms with E-state index in [9.17, 15) is 0 Å².